The van der Waals surface area contributed by atoms with Crippen LogP contribution in [0.15, 0.2) is 47.5 Å². The van der Waals surface area contributed by atoms with Crippen LogP contribution in [0.2, 0.25) is 0 Å². The van der Waals surface area contributed by atoms with Gasteiger partial charge in [0.15, 0.2) is 5.52 Å². The summed E-state index contributed by atoms with van der Waals surface area (Å²) < 4.78 is 40.6. The van der Waals surface area contributed by atoms with Gasteiger partial charge in [0.1, 0.15) is 5.75 Å². The van der Waals surface area contributed by atoms with Crippen LogP contribution in [0.25, 0.3) is 22.3 Å². The molecule has 1 N–H and O–H groups in total. The molecule has 0 radical (unpaired) electrons. The number of ether oxygens (including phenoxy) is 1. The fraction of sp³-hybridized carbons (Fsp3) is 0.0714. The lowest BCUT2D eigenvalue weighted by Crippen LogP contribution is -2.17. The van der Waals surface area contributed by atoms with Crippen molar-refractivity contribution in [2.24, 2.45) is 0 Å². The lowest BCUT2D eigenvalue weighted by molar-refractivity contribution is -0.274. The number of halogens is 3. The summed E-state index contributed by atoms with van der Waals surface area (Å²) in [6.07, 6.45) is -3.51. The van der Waals surface area contributed by atoms with E-state index in [1.165, 1.54) is 24.5 Å². The summed E-state index contributed by atoms with van der Waals surface area (Å²) in [6.45, 7) is 0. The first-order valence-electron chi connectivity index (χ1n) is 6.13. The third kappa shape index (κ3) is 2.90. The molecule has 0 fully saturated rings. The first kappa shape index (κ1) is 14.1. The molecule has 2 aromatic heterocycles. The Bertz CT molecular complexity index is 890. The second-order valence-corrected chi connectivity index (χ2v) is 4.37. The molecule has 2 heterocycles. The van der Waals surface area contributed by atoms with Crippen LogP contribution in [0.4, 0.5) is 13.2 Å². The van der Waals surface area contributed by atoms with Crippen molar-refractivity contribution < 1.29 is 17.9 Å². The van der Waals surface area contributed by atoms with Crippen molar-refractivity contribution in [3.8, 4) is 17.0 Å². The van der Waals surface area contributed by atoms with Gasteiger partial charge in [-0.15, -0.1) is 13.2 Å². The van der Waals surface area contributed by atoms with Crippen LogP contribution in [0.3, 0.4) is 0 Å². The Morgan fingerprint density at radius 3 is 2.73 bits per heavy atom. The highest BCUT2D eigenvalue weighted by atomic mass is 19.4. The van der Waals surface area contributed by atoms with Gasteiger partial charge in [0.25, 0.3) is 5.56 Å². The fourth-order valence-electron chi connectivity index (χ4n) is 1.97. The highest BCUT2D eigenvalue weighted by molar-refractivity contribution is 5.77. The third-order valence-corrected chi connectivity index (χ3v) is 2.85. The Hall–Kier alpha value is -2.90. The normalized spacial score (nSPS) is 11.6. The molecule has 0 aliphatic rings. The maximum absolute atomic E-state index is 12.2. The van der Waals surface area contributed by atoms with E-state index in [1.807, 2.05) is 0 Å². The van der Waals surface area contributed by atoms with Crippen LogP contribution in [-0.4, -0.2) is 21.3 Å². The fourth-order valence-corrected chi connectivity index (χ4v) is 1.97. The molecular weight excluding hydrogens is 299 g/mol. The molecule has 0 bridgehead atoms. The van der Waals surface area contributed by atoms with E-state index >= 15 is 0 Å². The van der Waals surface area contributed by atoms with Crippen LogP contribution in [0.5, 0.6) is 5.75 Å². The van der Waals surface area contributed by atoms with Crippen LogP contribution < -0.4 is 10.3 Å². The van der Waals surface area contributed by atoms with Gasteiger partial charge in [-0.05, 0) is 24.3 Å². The van der Waals surface area contributed by atoms with Crippen molar-refractivity contribution in [2.75, 3.05) is 0 Å². The molecule has 112 valence electrons. The number of nitrogens with one attached hydrogen (secondary N) is 1. The van der Waals surface area contributed by atoms with E-state index < -0.39 is 11.9 Å². The summed E-state index contributed by atoms with van der Waals surface area (Å²) in [5, 5.41) is 0. The molecule has 3 aromatic rings. The summed E-state index contributed by atoms with van der Waals surface area (Å²) in [6, 6.07) is 8.52. The van der Waals surface area contributed by atoms with Gasteiger partial charge in [-0.2, -0.15) is 0 Å². The molecule has 0 aliphatic carbocycles. The van der Waals surface area contributed by atoms with Crippen LogP contribution in [0, 0.1) is 0 Å². The van der Waals surface area contributed by atoms with Crippen molar-refractivity contribution in [1.82, 2.24) is 15.0 Å². The van der Waals surface area contributed by atoms with E-state index in [0.717, 1.165) is 0 Å². The van der Waals surface area contributed by atoms with Crippen molar-refractivity contribution >= 4 is 11.0 Å². The number of alkyl halides is 3. The SMILES string of the molecule is O=c1[nH]cnc2ccc(-c3cccc(OC(F)(F)F)c3)nc12. The minimum Gasteiger partial charge on any atom is -0.406 e. The molecule has 0 atom stereocenters. The minimum absolute atomic E-state index is 0.113. The monoisotopic (exact) mass is 307 g/mol. The largest absolute Gasteiger partial charge is 0.573 e. The molecule has 0 aliphatic heterocycles. The zero-order valence-electron chi connectivity index (χ0n) is 10.9. The molecule has 8 heteroatoms. The maximum Gasteiger partial charge on any atom is 0.573 e. The van der Waals surface area contributed by atoms with Crippen molar-refractivity contribution in [3.05, 3.63) is 53.1 Å². The second kappa shape index (κ2) is 5.14. The van der Waals surface area contributed by atoms with Gasteiger partial charge in [0.2, 0.25) is 0 Å². The summed E-state index contributed by atoms with van der Waals surface area (Å²) >= 11 is 0. The van der Waals surface area contributed by atoms with Gasteiger partial charge in [-0.1, -0.05) is 12.1 Å². The number of hydrogen-bond donors (Lipinski definition) is 1. The van der Waals surface area contributed by atoms with Gasteiger partial charge in [-0.3, -0.25) is 4.79 Å². The topological polar surface area (TPSA) is 67.9 Å². The van der Waals surface area contributed by atoms with E-state index in [-0.39, 0.29) is 11.3 Å². The first-order valence-corrected chi connectivity index (χ1v) is 6.13. The lowest BCUT2D eigenvalue weighted by atomic mass is 10.1. The molecule has 0 saturated carbocycles. The predicted molar refractivity (Wildman–Crippen MR) is 72.3 cm³/mol. The molecule has 22 heavy (non-hydrogen) atoms. The molecule has 0 saturated heterocycles. The molecule has 0 unspecified atom stereocenters. The van der Waals surface area contributed by atoms with Gasteiger partial charge >= 0.3 is 6.36 Å². The van der Waals surface area contributed by atoms with Gasteiger partial charge in [0.05, 0.1) is 17.5 Å². The lowest BCUT2D eigenvalue weighted by Gasteiger charge is -2.10. The number of rotatable bonds is 2. The van der Waals surface area contributed by atoms with Gasteiger partial charge in [-0.25, -0.2) is 9.97 Å². The Balaban J connectivity index is 2.06. The Kier molecular flexibility index (Phi) is 3.28. The number of aromatic amines is 1. The van der Waals surface area contributed by atoms with Crippen LogP contribution in [-0.2, 0) is 0 Å². The average molecular weight is 307 g/mol. The second-order valence-electron chi connectivity index (χ2n) is 4.37. The van der Waals surface area contributed by atoms with E-state index in [9.17, 15) is 18.0 Å². The van der Waals surface area contributed by atoms with Gasteiger partial charge in [0, 0.05) is 5.56 Å². The van der Waals surface area contributed by atoms with Crippen molar-refractivity contribution in [1.29, 1.82) is 0 Å². The van der Waals surface area contributed by atoms with Crippen molar-refractivity contribution in [3.63, 3.8) is 0 Å². The van der Waals surface area contributed by atoms with Crippen LogP contribution in [0.1, 0.15) is 0 Å². The number of hydrogen-bond acceptors (Lipinski definition) is 4. The molecule has 5 nitrogen and oxygen atoms in total. The maximum atomic E-state index is 12.2. The molecule has 3 rings (SSSR count). The zero-order valence-corrected chi connectivity index (χ0v) is 10.9. The average Bonchev–Trinajstić information content (AvgIpc) is 2.46. The molecule has 1 aromatic carbocycles. The highest BCUT2D eigenvalue weighted by Crippen LogP contribution is 2.27. The number of H-pyrrole nitrogens is 1. The van der Waals surface area contributed by atoms with Gasteiger partial charge < -0.3 is 9.72 Å². The van der Waals surface area contributed by atoms with E-state index in [4.69, 9.17) is 0 Å². The summed E-state index contributed by atoms with van der Waals surface area (Å²) in [5.74, 6) is -0.355. The van der Waals surface area contributed by atoms with E-state index in [0.29, 0.717) is 16.8 Å². The summed E-state index contributed by atoms with van der Waals surface area (Å²) in [4.78, 5) is 22.2. The predicted octanol–water partition coefficient (Wildman–Crippen LogP) is 2.88. The summed E-state index contributed by atoms with van der Waals surface area (Å²) in [7, 11) is 0. The number of nitrogens with zero attached hydrogens (tertiary/aromatic N) is 2. The van der Waals surface area contributed by atoms with E-state index in [2.05, 4.69) is 19.7 Å². The third-order valence-electron chi connectivity index (χ3n) is 2.85. The Morgan fingerprint density at radius 1 is 1.14 bits per heavy atom. The molecule has 0 amide bonds. The number of benzene rings is 1. The molecular formula is C14H8F3N3O2. The first-order chi connectivity index (χ1) is 10.4. The Morgan fingerprint density at radius 2 is 1.95 bits per heavy atom. The standard InChI is InChI=1S/C14H8F3N3O2/c15-14(16,17)22-9-3-1-2-8(6-9)10-4-5-11-12(20-10)13(21)19-7-18-11/h1-7H,(H,18,19,21). The van der Waals surface area contributed by atoms with E-state index in [1.54, 1.807) is 18.2 Å². The zero-order chi connectivity index (χ0) is 15.7. The number of aromatic nitrogens is 3. The smallest absolute Gasteiger partial charge is 0.406 e. The Labute approximate surface area is 121 Å². The number of pyridine rings is 1. The minimum atomic E-state index is -4.77. The summed E-state index contributed by atoms with van der Waals surface area (Å²) in [5.41, 5.74) is 0.831. The van der Waals surface area contributed by atoms with Crippen LogP contribution >= 0.6 is 0 Å². The molecule has 0 spiro atoms. The number of fused-ring (bicyclic) bond motifs is 1. The quantitative estimate of drug-likeness (QED) is 0.790. The highest BCUT2D eigenvalue weighted by Gasteiger charge is 2.31. The van der Waals surface area contributed by atoms with Crippen molar-refractivity contribution in [2.45, 2.75) is 6.36 Å².